The molecule has 1 heteroatoms. The monoisotopic (exact) mass is 255 g/mol. The van der Waals surface area contributed by atoms with E-state index in [1.807, 2.05) is 0 Å². The molecule has 0 aliphatic rings. The first-order chi connectivity index (χ1) is 8.10. The highest BCUT2D eigenvalue weighted by Gasteiger charge is 2.05. The molecule has 17 heavy (non-hydrogen) atoms. The molecule has 0 aliphatic heterocycles. The maximum absolute atomic E-state index is 4.03. The van der Waals surface area contributed by atoms with Gasteiger partial charge in [0.1, 0.15) is 0 Å². The second kappa shape index (κ2) is 11.2. The van der Waals surface area contributed by atoms with Crippen LogP contribution in [-0.2, 0) is 0 Å². The molecule has 101 valence electrons. The molecule has 0 bridgehead atoms. The van der Waals surface area contributed by atoms with Crippen LogP contribution in [0.4, 0.5) is 0 Å². The Kier molecular flexibility index (Phi) is 11.3. The fourth-order valence-corrected chi connectivity index (χ4v) is 2.55. The van der Waals surface area contributed by atoms with Gasteiger partial charge in [-0.15, -0.1) is 11.8 Å². The smallest absolute Gasteiger partial charge is 0.0140 e. The SMILES string of the molecule is [CH2]CCC(C)CCCC(C)CCCC(=C)SC. The van der Waals surface area contributed by atoms with Crippen molar-refractivity contribution in [3.63, 3.8) is 0 Å². The third-order valence-electron chi connectivity index (χ3n) is 3.53. The molecule has 2 atom stereocenters. The van der Waals surface area contributed by atoms with Gasteiger partial charge in [0.05, 0.1) is 0 Å². The summed E-state index contributed by atoms with van der Waals surface area (Å²) in [6.07, 6.45) is 12.6. The molecule has 0 saturated carbocycles. The van der Waals surface area contributed by atoms with Crippen molar-refractivity contribution in [2.75, 3.05) is 6.26 Å². The Labute approximate surface area is 114 Å². The first-order valence-corrected chi connectivity index (χ1v) is 8.33. The minimum Gasteiger partial charge on any atom is -0.135 e. The Bertz CT molecular complexity index is 186. The number of thioether (sulfide) groups is 1. The number of hydrogen-bond acceptors (Lipinski definition) is 1. The fraction of sp³-hybridized carbons (Fsp3) is 0.812. The van der Waals surface area contributed by atoms with Crippen molar-refractivity contribution >= 4 is 11.8 Å². The molecule has 0 spiro atoms. The van der Waals surface area contributed by atoms with Gasteiger partial charge in [0.25, 0.3) is 0 Å². The van der Waals surface area contributed by atoms with E-state index in [-0.39, 0.29) is 0 Å². The number of allylic oxidation sites excluding steroid dienone is 1. The van der Waals surface area contributed by atoms with Crippen LogP contribution in [0, 0.1) is 18.8 Å². The summed E-state index contributed by atoms with van der Waals surface area (Å²) in [5, 5.41) is 0. The van der Waals surface area contributed by atoms with Crippen molar-refractivity contribution in [2.24, 2.45) is 11.8 Å². The largest absolute Gasteiger partial charge is 0.135 e. The maximum atomic E-state index is 4.03. The van der Waals surface area contributed by atoms with Crippen molar-refractivity contribution < 1.29 is 0 Å². The van der Waals surface area contributed by atoms with Crippen LogP contribution >= 0.6 is 11.8 Å². The van der Waals surface area contributed by atoms with Gasteiger partial charge in [0.2, 0.25) is 0 Å². The summed E-state index contributed by atoms with van der Waals surface area (Å²) < 4.78 is 0. The Morgan fingerprint density at radius 2 is 1.53 bits per heavy atom. The average Bonchev–Trinajstić information content (AvgIpc) is 2.29. The van der Waals surface area contributed by atoms with Crippen molar-refractivity contribution in [3.8, 4) is 0 Å². The van der Waals surface area contributed by atoms with Crippen molar-refractivity contribution in [2.45, 2.75) is 65.2 Å². The molecule has 0 nitrogen and oxygen atoms in total. The number of hydrogen-bond donors (Lipinski definition) is 0. The van der Waals surface area contributed by atoms with E-state index in [0.29, 0.717) is 0 Å². The minimum atomic E-state index is 0.871. The predicted octanol–water partition coefficient (Wildman–Crippen LogP) is 6.09. The lowest BCUT2D eigenvalue weighted by atomic mass is 9.93. The van der Waals surface area contributed by atoms with E-state index in [0.717, 1.165) is 18.3 Å². The lowest BCUT2D eigenvalue weighted by molar-refractivity contribution is 0.407. The van der Waals surface area contributed by atoms with Gasteiger partial charge in [-0.3, -0.25) is 0 Å². The van der Waals surface area contributed by atoms with E-state index in [9.17, 15) is 0 Å². The van der Waals surface area contributed by atoms with Crippen LogP contribution in [-0.4, -0.2) is 6.26 Å². The lowest BCUT2D eigenvalue weighted by Gasteiger charge is -2.14. The van der Waals surface area contributed by atoms with Crippen LogP contribution in [0.5, 0.6) is 0 Å². The molecule has 0 aromatic carbocycles. The van der Waals surface area contributed by atoms with Crippen LogP contribution in [0.25, 0.3) is 0 Å². The molecule has 1 radical (unpaired) electrons. The first-order valence-electron chi connectivity index (χ1n) is 7.11. The van der Waals surface area contributed by atoms with Gasteiger partial charge < -0.3 is 0 Å². The predicted molar refractivity (Wildman–Crippen MR) is 83.3 cm³/mol. The molecule has 0 rings (SSSR count). The van der Waals surface area contributed by atoms with Crippen LogP contribution < -0.4 is 0 Å². The average molecular weight is 255 g/mol. The quantitative estimate of drug-likeness (QED) is 0.430. The molecule has 0 aromatic heterocycles. The highest BCUT2D eigenvalue weighted by Crippen LogP contribution is 2.22. The highest BCUT2D eigenvalue weighted by molar-refractivity contribution is 8.02. The molecule has 0 aliphatic carbocycles. The molecule has 0 N–H and O–H groups in total. The topological polar surface area (TPSA) is 0 Å². The Morgan fingerprint density at radius 1 is 1.00 bits per heavy atom. The molecule has 0 amide bonds. The zero-order chi connectivity index (χ0) is 13.1. The third-order valence-corrected chi connectivity index (χ3v) is 4.31. The summed E-state index contributed by atoms with van der Waals surface area (Å²) in [6.45, 7) is 12.7. The zero-order valence-electron chi connectivity index (χ0n) is 12.1. The summed E-state index contributed by atoms with van der Waals surface area (Å²) in [5.41, 5.74) is 0. The molecule has 0 saturated heterocycles. The summed E-state index contributed by atoms with van der Waals surface area (Å²) >= 11 is 1.80. The van der Waals surface area contributed by atoms with Gasteiger partial charge in [-0.1, -0.05) is 65.9 Å². The lowest BCUT2D eigenvalue weighted by Crippen LogP contribution is -1.99. The van der Waals surface area contributed by atoms with Gasteiger partial charge in [-0.05, 0) is 35.8 Å². The van der Waals surface area contributed by atoms with Crippen LogP contribution in [0.1, 0.15) is 65.2 Å². The third kappa shape index (κ3) is 10.9. The minimum absolute atomic E-state index is 0.871. The maximum Gasteiger partial charge on any atom is -0.0140 e. The Balaban J connectivity index is 3.40. The second-order valence-electron chi connectivity index (χ2n) is 5.42. The molecule has 0 heterocycles. The van der Waals surface area contributed by atoms with Crippen molar-refractivity contribution in [3.05, 3.63) is 18.4 Å². The number of rotatable bonds is 11. The van der Waals surface area contributed by atoms with E-state index in [1.165, 1.54) is 49.9 Å². The molecule has 0 fully saturated rings. The molecule has 0 aromatic rings. The van der Waals surface area contributed by atoms with Gasteiger partial charge in [0.15, 0.2) is 0 Å². The van der Waals surface area contributed by atoms with E-state index in [4.69, 9.17) is 0 Å². The van der Waals surface area contributed by atoms with E-state index >= 15 is 0 Å². The summed E-state index contributed by atoms with van der Waals surface area (Å²) in [5.74, 6) is 1.76. The van der Waals surface area contributed by atoms with Crippen LogP contribution in [0.15, 0.2) is 11.5 Å². The van der Waals surface area contributed by atoms with Gasteiger partial charge in [0, 0.05) is 0 Å². The molecule has 2 unspecified atom stereocenters. The van der Waals surface area contributed by atoms with Crippen molar-refractivity contribution in [1.82, 2.24) is 0 Å². The fourth-order valence-electron chi connectivity index (χ4n) is 2.20. The van der Waals surface area contributed by atoms with Gasteiger partial charge >= 0.3 is 0 Å². The summed E-state index contributed by atoms with van der Waals surface area (Å²) in [4.78, 5) is 1.33. The van der Waals surface area contributed by atoms with Gasteiger partial charge in [-0.2, -0.15) is 0 Å². The summed E-state index contributed by atoms with van der Waals surface area (Å²) in [6, 6.07) is 0. The van der Waals surface area contributed by atoms with Gasteiger partial charge in [-0.25, -0.2) is 0 Å². The zero-order valence-corrected chi connectivity index (χ0v) is 13.0. The Morgan fingerprint density at radius 3 is 2.06 bits per heavy atom. The van der Waals surface area contributed by atoms with E-state index < -0.39 is 0 Å². The standard InChI is InChI=1S/C16H31S/c1-6-9-14(2)10-7-11-15(3)12-8-13-16(4)17-5/h14-15H,1,4,6-13H2,2-3,5H3. The van der Waals surface area contributed by atoms with E-state index in [2.05, 4.69) is 33.6 Å². The highest BCUT2D eigenvalue weighted by atomic mass is 32.2. The van der Waals surface area contributed by atoms with Crippen molar-refractivity contribution in [1.29, 1.82) is 0 Å². The normalized spacial score (nSPS) is 14.6. The molecular formula is C16H31S. The van der Waals surface area contributed by atoms with Crippen LogP contribution in [0.2, 0.25) is 0 Å². The van der Waals surface area contributed by atoms with E-state index in [1.54, 1.807) is 11.8 Å². The first kappa shape index (κ1) is 17.1. The molecular weight excluding hydrogens is 224 g/mol. The Hall–Kier alpha value is 0.0900. The second-order valence-corrected chi connectivity index (χ2v) is 6.40. The van der Waals surface area contributed by atoms with Crippen LogP contribution in [0.3, 0.4) is 0 Å². The summed E-state index contributed by atoms with van der Waals surface area (Å²) in [7, 11) is 0.